The van der Waals surface area contributed by atoms with Crippen molar-refractivity contribution in [3.63, 3.8) is 0 Å². The van der Waals surface area contributed by atoms with Gasteiger partial charge in [-0.15, -0.1) is 0 Å². The number of amides is 1. The van der Waals surface area contributed by atoms with Crippen LogP contribution < -0.4 is 10.6 Å². The summed E-state index contributed by atoms with van der Waals surface area (Å²) in [6.45, 7) is 1.99. The van der Waals surface area contributed by atoms with Gasteiger partial charge in [-0.25, -0.2) is 0 Å². The number of rotatable bonds is 3. The lowest BCUT2D eigenvalue weighted by Gasteiger charge is -2.04. The molecule has 0 aromatic heterocycles. The largest absolute Gasteiger partial charge is 0.364 e. The topological polar surface area (TPSA) is 53.5 Å². The second-order valence-electron chi connectivity index (χ2n) is 3.33. The Morgan fingerprint density at radius 1 is 1.40 bits per heavy atom. The third-order valence-electron chi connectivity index (χ3n) is 2.19. The van der Waals surface area contributed by atoms with Gasteiger partial charge in [-0.05, 0) is 5.56 Å². The van der Waals surface area contributed by atoms with Crippen molar-refractivity contribution in [3.05, 3.63) is 35.9 Å². The first-order chi connectivity index (χ1) is 7.36. The van der Waals surface area contributed by atoms with Crippen molar-refractivity contribution in [1.82, 2.24) is 10.6 Å². The average molecular weight is 203 g/mol. The molecule has 0 unspecified atom stereocenters. The summed E-state index contributed by atoms with van der Waals surface area (Å²) in [6.07, 6.45) is 0. The van der Waals surface area contributed by atoms with Gasteiger partial charge in [-0.2, -0.15) is 0 Å². The molecule has 1 aromatic carbocycles. The normalized spacial score (nSPS) is 14.3. The van der Waals surface area contributed by atoms with Crippen LogP contribution in [0.2, 0.25) is 0 Å². The molecule has 0 aliphatic carbocycles. The maximum absolute atomic E-state index is 11.5. The molecule has 1 aromatic rings. The number of benzene rings is 1. The van der Waals surface area contributed by atoms with Gasteiger partial charge in [0.2, 0.25) is 0 Å². The SMILES string of the molecule is O=C(NCc1ccccc1)C1=NCCN1. The van der Waals surface area contributed by atoms with Gasteiger partial charge in [0, 0.05) is 13.1 Å². The molecule has 78 valence electrons. The van der Waals surface area contributed by atoms with Gasteiger partial charge < -0.3 is 10.6 Å². The van der Waals surface area contributed by atoms with Crippen LogP contribution in [0.5, 0.6) is 0 Å². The maximum atomic E-state index is 11.5. The molecular weight excluding hydrogens is 190 g/mol. The fourth-order valence-corrected chi connectivity index (χ4v) is 1.41. The molecule has 2 rings (SSSR count). The minimum atomic E-state index is -0.128. The molecule has 1 amide bonds. The number of nitrogens with zero attached hydrogens (tertiary/aromatic N) is 1. The third-order valence-corrected chi connectivity index (χ3v) is 2.19. The van der Waals surface area contributed by atoms with Crippen molar-refractivity contribution >= 4 is 11.7 Å². The Balaban J connectivity index is 1.86. The third kappa shape index (κ3) is 2.56. The summed E-state index contributed by atoms with van der Waals surface area (Å²) in [5.74, 6) is 0.322. The molecule has 0 saturated carbocycles. The number of aliphatic imine (C=N–C) groups is 1. The van der Waals surface area contributed by atoms with Crippen LogP contribution in [0.15, 0.2) is 35.3 Å². The standard InChI is InChI=1S/C11H13N3O/c15-11(10-12-6-7-13-10)14-8-9-4-2-1-3-5-9/h1-5H,6-8H2,(H,12,13)(H,14,15). The van der Waals surface area contributed by atoms with Crippen LogP contribution in [0.25, 0.3) is 0 Å². The molecule has 0 atom stereocenters. The van der Waals surface area contributed by atoms with E-state index in [-0.39, 0.29) is 5.91 Å². The lowest BCUT2D eigenvalue weighted by Crippen LogP contribution is -2.37. The molecule has 0 fully saturated rings. The van der Waals surface area contributed by atoms with Crippen molar-refractivity contribution in [2.75, 3.05) is 13.1 Å². The van der Waals surface area contributed by atoms with Crippen molar-refractivity contribution < 1.29 is 4.79 Å². The van der Waals surface area contributed by atoms with Crippen molar-refractivity contribution in [1.29, 1.82) is 0 Å². The number of hydrogen-bond donors (Lipinski definition) is 2. The van der Waals surface area contributed by atoms with Crippen LogP contribution in [-0.2, 0) is 11.3 Å². The molecular formula is C11H13N3O. The zero-order valence-corrected chi connectivity index (χ0v) is 8.36. The zero-order chi connectivity index (χ0) is 10.5. The van der Waals surface area contributed by atoms with Crippen molar-refractivity contribution in [2.45, 2.75) is 6.54 Å². The highest BCUT2D eigenvalue weighted by Crippen LogP contribution is 1.97. The summed E-state index contributed by atoms with van der Waals surface area (Å²) in [7, 11) is 0. The van der Waals surface area contributed by atoms with Gasteiger partial charge in [0.25, 0.3) is 5.91 Å². The van der Waals surface area contributed by atoms with E-state index in [9.17, 15) is 4.79 Å². The van der Waals surface area contributed by atoms with Crippen LogP contribution in [-0.4, -0.2) is 24.8 Å². The summed E-state index contributed by atoms with van der Waals surface area (Å²) in [5.41, 5.74) is 1.09. The van der Waals surface area contributed by atoms with E-state index in [0.29, 0.717) is 18.9 Å². The highest BCUT2D eigenvalue weighted by Gasteiger charge is 2.13. The molecule has 0 bridgehead atoms. The molecule has 1 aliphatic heterocycles. The van der Waals surface area contributed by atoms with E-state index < -0.39 is 0 Å². The number of carbonyl (C=O) groups is 1. The monoisotopic (exact) mass is 203 g/mol. The van der Waals surface area contributed by atoms with E-state index in [4.69, 9.17) is 0 Å². The predicted octanol–water partition coefficient (Wildman–Crippen LogP) is 0.304. The van der Waals surface area contributed by atoms with E-state index in [0.717, 1.165) is 12.1 Å². The van der Waals surface area contributed by atoms with E-state index in [1.165, 1.54) is 0 Å². The van der Waals surface area contributed by atoms with Crippen LogP contribution in [0.1, 0.15) is 5.56 Å². The Morgan fingerprint density at radius 3 is 2.87 bits per heavy atom. The highest BCUT2D eigenvalue weighted by molar-refractivity contribution is 6.38. The molecule has 0 spiro atoms. The van der Waals surface area contributed by atoms with Gasteiger partial charge in [0.1, 0.15) is 0 Å². The smallest absolute Gasteiger partial charge is 0.286 e. The summed E-state index contributed by atoms with van der Waals surface area (Å²) in [5, 5.41) is 5.74. The van der Waals surface area contributed by atoms with E-state index in [2.05, 4.69) is 15.6 Å². The Morgan fingerprint density at radius 2 is 2.20 bits per heavy atom. The predicted molar refractivity (Wildman–Crippen MR) is 58.6 cm³/mol. The maximum Gasteiger partial charge on any atom is 0.286 e. The molecule has 1 aliphatic rings. The molecule has 0 saturated heterocycles. The lowest BCUT2D eigenvalue weighted by atomic mass is 10.2. The van der Waals surface area contributed by atoms with E-state index in [1.807, 2.05) is 30.3 Å². The second-order valence-corrected chi connectivity index (χ2v) is 3.33. The molecule has 4 heteroatoms. The van der Waals surface area contributed by atoms with Gasteiger partial charge in [0.05, 0.1) is 6.54 Å². The summed E-state index contributed by atoms with van der Waals surface area (Å²) < 4.78 is 0. The average Bonchev–Trinajstić information content (AvgIpc) is 2.81. The number of nitrogens with one attached hydrogen (secondary N) is 2. The van der Waals surface area contributed by atoms with Gasteiger partial charge >= 0.3 is 0 Å². The minimum Gasteiger partial charge on any atom is -0.364 e. The fraction of sp³-hybridized carbons (Fsp3) is 0.273. The van der Waals surface area contributed by atoms with Gasteiger partial charge in [0.15, 0.2) is 5.84 Å². The fourth-order valence-electron chi connectivity index (χ4n) is 1.41. The number of carbonyl (C=O) groups excluding carboxylic acids is 1. The Bertz CT molecular complexity index is 373. The first-order valence-electron chi connectivity index (χ1n) is 4.97. The van der Waals surface area contributed by atoms with Crippen LogP contribution >= 0.6 is 0 Å². The first kappa shape index (κ1) is 9.71. The zero-order valence-electron chi connectivity index (χ0n) is 8.36. The van der Waals surface area contributed by atoms with Gasteiger partial charge in [-0.3, -0.25) is 9.79 Å². The summed E-state index contributed by atoms with van der Waals surface area (Å²) in [4.78, 5) is 15.6. The molecule has 4 nitrogen and oxygen atoms in total. The van der Waals surface area contributed by atoms with Gasteiger partial charge in [-0.1, -0.05) is 30.3 Å². The molecule has 0 radical (unpaired) electrons. The number of hydrogen-bond acceptors (Lipinski definition) is 3. The Labute approximate surface area is 88.4 Å². The lowest BCUT2D eigenvalue weighted by molar-refractivity contribution is -0.115. The minimum absolute atomic E-state index is 0.128. The molecule has 1 heterocycles. The summed E-state index contributed by atoms with van der Waals surface area (Å²) >= 11 is 0. The Hall–Kier alpha value is -1.84. The van der Waals surface area contributed by atoms with E-state index >= 15 is 0 Å². The summed E-state index contributed by atoms with van der Waals surface area (Å²) in [6, 6.07) is 9.81. The van der Waals surface area contributed by atoms with Crippen LogP contribution in [0, 0.1) is 0 Å². The van der Waals surface area contributed by atoms with Crippen LogP contribution in [0.3, 0.4) is 0 Å². The van der Waals surface area contributed by atoms with Crippen molar-refractivity contribution in [3.8, 4) is 0 Å². The van der Waals surface area contributed by atoms with Crippen LogP contribution in [0.4, 0.5) is 0 Å². The Kier molecular flexibility index (Phi) is 2.97. The molecule has 2 N–H and O–H groups in total. The molecule has 15 heavy (non-hydrogen) atoms. The highest BCUT2D eigenvalue weighted by atomic mass is 16.2. The number of amidine groups is 1. The second kappa shape index (κ2) is 4.59. The first-order valence-corrected chi connectivity index (χ1v) is 4.97. The van der Waals surface area contributed by atoms with E-state index in [1.54, 1.807) is 0 Å². The quantitative estimate of drug-likeness (QED) is 0.742. The van der Waals surface area contributed by atoms with Crippen molar-refractivity contribution in [2.24, 2.45) is 4.99 Å².